The number of nitrogens with zero attached hydrogens (tertiary/aromatic N) is 5. The molecule has 0 saturated heterocycles. The van der Waals surface area contributed by atoms with Crippen molar-refractivity contribution in [3.8, 4) is 17.5 Å². The van der Waals surface area contributed by atoms with Gasteiger partial charge in [-0.15, -0.1) is 0 Å². The Labute approximate surface area is 199 Å². The fraction of sp³-hybridized carbons (Fsp3) is 0.208. The van der Waals surface area contributed by atoms with E-state index < -0.39 is 30.0 Å². The normalized spacial score (nSPS) is 12.2. The number of carbonyl (C=O) groups is 1. The van der Waals surface area contributed by atoms with E-state index >= 15 is 0 Å². The largest absolute Gasteiger partial charge is 0.387 e. The number of aromatic nitrogens is 4. The summed E-state index contributed by atoms with van der Waals surface area (Å²) in [7, 11) is 0. The summed E-state index contributed by atoms with van der Waals surface area (Å²) >= 11 is 0. The Morgan fingerprint density at radius 3 is 2.74 bits per heavy atom. The fourth-order valence-electron chi connectivity index (χ4n) is 3.30. The molecule has 0 bridgehead atoms. The summed E-state index contributed by atoms with van der Waals surface area (Å²) in [6.45, 7) is 2.19. The number of nitriles is 1. The molecule has 0 spiro atoms. The van der Waals surface area contributed by atoms with E-state index in [4.69, 9.17) is 5.26 Å². The van der Waals surface area contributed by atoms with Crippen molar-refractivity contribution in [3.05, 3.63) is 72.1 Å². The number of hydrogen-bond acceptors (Lipinski definition) is 7. The van der Waals surface area contributed by atoms with Crippen molar-refractivity contribution >= 4 is 22.8 Å². The molecule has 0 saturated carbocycles. The molecule has 0 aliphatic rings. The van der Waals surface area contributed by atoms with E-state index in [1.165, 1.54) is 38.5 Å². The molecular weight excluding hydrogens is 456 g/mol. The zero-order valence-corrected chi connectivity index (χ0v) is 18.8. The van der Waals surface area contributed by atoms with Gasteiger partial charge in [0.05, 0.1) is 70.1 Å². The van der Waals surface area contributed by atoms with E-state index in [1.54, 1.807) is 28.8 Å². The molecule has 4 aromatic rings. The molecule has 4 heterocycles. The van der Waals surface area contributed by atoms with E-state index in [-0.39, 0.29) is 16.9 Å². The number of pyridine rings is 2. The Morgan fingerprint density at radius 1 is 1.23 bits per heavy atom. The number of halogens is 2. The van der Waals surface area contributed by atoms with Gasteiger partial charge in [-0.3, -0.25) is 14.8 Å². The van der Waals surface area contributed by atoms with Crippen molar-refractivity contribution in [1.29, 1.82) is 5.26 Å². The molecule has 3 N–H and O–H groups in total. The molecule has 1 atom stereocenters. The summed E-state index contributed by atoms with van der Waals surface area (Å²) in [5.74, 6) is -1.21. The number of alkyl halides is 1. The maximum Gasteiger partial charge on any atom is 0.255 e. The van der Waals surface area contributed by atoms with E-state index in [9.17, 15) is 18.7 Å². The standard InChI is InChI=1S/C24H21F2N7O2/c1-24(2,35)22(26)13-30-23(34)18-12-29-20(7-19(18)32-16-6-15(25)10-28-11-16)21-4-3-17-5-14(8-27)9-31-33(17)21/h3-7,9-12,22,35H,13H2,1-2H3,(H,29,32)(H,30,34). The summed E-state index contributed by atoms with van der Waals surface area (Å²) in [4.78, 5) is 21.0. The lowest BCUT2D eigenvalue weighted by Crippen LogP contribution is -2.42. The molecular formula is C24H21F2N7O2. The van der Waals surface area contributed by atoms with Gasteiger partial charge in [-0.25, -0.2) is 13.3 Å². The average molecular weight is 477 g/mol. The van der Waals surface area contributed by atoms with Crippen LogP contribution in [-0.4, -0.2) is 48.9 Å². The second kappa shape index (κ2) is 9.44. The highest BCUT2D eigenvalue weighted by molar-refractivity contribution is 6.00. The minimum atomic E-state index is -1.70. The van der Waals surface area contributed by atoms with Gasteiger partial charge in [0, 0.05) is 12.3 Å². The molecule has 11 heteroatoms. The maximum absolute atomic E-state index is 14.2. The van der Waals surface area contributed by atoms with Crippen molar-refractivity contribution in [1.82, 2.24) is 24.9 Å². The number of amides is 1. The van der Waals surface area contributed by atoms with Crippen LogP contribution in [0.15, 0.2) is 55.1 Å². The van der Waals surface area contributed by atoms with Crippen LogP contribution in [0.25, 0.3) is 16.9 Å². The third kappa shape index (κ3) is 5.23. The number of hydrogen-bond donors (Lipinski definition) is 3. The van der Waals surface area contributed by atoms with Crippen LogP contribution in [0, 0.1) is 17.1 Å². The Hall–Kier alpha value is -4.43. The van der Waals surface area contributed by atoms with Crippen molar-refractivity contribution in [2.75, 3.05) is 11.9 Å². The van der Waals surface area contributed by atoms with Crippen molar-refractivity contribution < 1.29 is 18.7 Å². The number of rotatable bonds is 7. The molecule has 0 aliphatic carbocycles. The summed E-state index contributed by atoms with van der Waals surface area (Å²) in [5, 5.41) is 28.6. The van der Waals surface area contributed by atoms with Gasteiger partial charge in [0.1, 0.15) is 18.1 Å². The SMILES string of the molecule is CC(C)(O)C(F)CNC(=O)c1cnc(-c2ccc3cc(C#N)cnn23)cc1Nc1cncc(F)c1. The molecule has 9 nitrogen and oxygen atoms in total. The zero-order valence-electron chi connectivity index (χ0n) is 18.8. The van der Waals surface area contributed by atoms with Crippen molar-refractivity contribution in [3.63, 3.8) is 0 Å². The van der Waals surface area contributed by atoms with Crippen LogP contribution in [0.1, 0.15) is 29.8 Å². The van der Waals surface area contributed by atoms with Crippen LogP contribution in [0.5, 0.6) is 0 Å². The van der Waals surface area contributed by atoms with Crippen molar-refractivity contribution in [2.24, 2.45) is 0 Å². The predicted octanol–water partition coefficient (Wildman–Crippen LogP) is 3.38. The molecule has 1 unspecified atom stereocenters. The number of aliphatic hydroxyl groups is 1. The van der Waals surface area contributed by atoms with Crippen LogP contribution < -0.4 is 10.6 Å². The lowest BCUT2D eigenvalue weighted by molar-refractivity contribution is -0.00177. The predicted molar refractivity (Wildman–Crippen MR) is 124 cm³/mol. The smallest absolute Gasteiger partial charge is 0.255 e. The van der Waals surface area contributed by atoms with E-state index in [0.29, 0.717) is 22.5 Å². The summed E-state index contributed by atoms with van der Waals surface area (Å²) < 4.78 is 29.4. The first-order valence-electron chi connectivity index (χ1n) is 10.6. The molecule has 0 fully saturated rings. The van der Waals surface area contributed by atoms with Crippen molar-refractivity contribution in [2.45, 2.75) is 25.6 Å². The average Bonchev–Trinajstić information content (AvgIpc) is 3.25. The van der Waals surface area contributed by atoms with Crippen LogP contribution in [-0.2, 0) is 0 Å². The Balaban J connectivity index is 1.72. The minimum absolute atomic E-state index is 0.0709. The fourth-order valence-corrected chi connectivity index (χ4v) is 3.30. The number of carbonyl (C=O) groups excluding carboxylic acids is 1. The highest BCUT2D eigenvalue weighted by atomic mass is 19.1. The van der Waals surface area contributed by atoms with Gasteiger partial charge >= 0.3 is 0 Å². The molecule has 0 radical (unpaired) electrons. The van der Waals surface area contributed by atoms with Gasteiger partial charge in [0.15, 0.2) is 0 Å². The van der Waals surface area contributed by atoms with E-state index in [2.05, 4.69) is 25.7 Å². The van der Waals surface area contributed by atoms with Crippen LogP contribution >= 0.6 is 0 Å². The second-order valence-corrected chi connectivity index (χ2v) is 8.37. The summed E-state index contributed by atoms with van der Waals surface area (Å²) in [5.41, 5.74) is 1.09. The molecule has 1 amide bonds. The van der Waals surface area contributed by atoms with Gasteiger partial charge in [0.25, 0.3) is 5.91 Å². The first-order chi connectivity index (χ1) is 16.7. The monoisotopic (exact) mass is 477 g/mol. The maximum atomic E-state index is 14.2. The van der Waals surface area contributed by atoms with Gasteiger partial charge in [-0.1, -0.05) is 0 Å². The number of nitrogens with one attached hydrogen (secondary N) is 2. The molecule has 4 aromatic heterocycles. The topological polar surface area (TPSA) is 128 Å². The van der Waals surface area contributed by atoms with Gasteiger partial charge in [-0.05, 0) is 38.1 Å². The molecule has 0 aliphatic heterocycles. The summed E-state index contributed by atoms with van der Waals surface area (Å²) in [6.07, 6.45) is 3.46. The lowest BCUT2D eigenvalue weighted by Gasteiger charge is -2.22. The minimum Gasteiger partial charge on any atom is -0.387 e. The molecule has 35 heavy (non-hydrogen) atoms. The van der Waals surface area contributed by atoms with Gasteiger partial charge in [0.2, 0.25) is 0 Å². The second-order valence-electron chi connectivity index (χ2n) is 8.37. The molecule has 178 valence electrons. The van der Waals surface area contributed by atoms with Crippen LogP contribution in [0.2, 0.25) is 0 Å². The number of fused-ring (bicyclic) bond motifs is 1. The van der Waals surface area contributed by atoms with Gasteiger partial charge in [-0.2, -0.15) is 10.4 Å². The van der Waals surface area contributed by atoms with Crippen LogP contribution in [0.4, 0.5) is 20.2 Å². The highest BCUT2D eigenvalue weighted by Gasteiger charge is 2.27. The lowest BCUT2D eigenvalue weighted by atomic mass is 10.0. The summed E-state index contributed by atoms with van der Waals surface area (Å²) in [6, 6.07) is 10.0. The Bertz CT molecular complexity index is 1440. The molecule has 0 aromatic carbocycles. The van der Waals surface area contributed by atoms with E-state index in [1.807, 2.05) is 6.07 Å². The van der Waals surface area contributed by atoms with Gasteiger partial charge < -0.3 is 15.7 Å². The number of anilines is 2. The third-order valence-electron chi connectivity index (χ3n) is 5.23. The highest BCUT2D eigenvalue weighted by Crippen LogP contribution is 2.28. The Morgan fingerprint density at radius 2 is 2.03 bits per heavy atom. The first-order valence-corrected chi connectivity index (χ1v) is 10.6. The zero-order chi connectivity index (χ0) is 25.2. The van der Waals surface area contributed by atoms with Crippen LogP contribution in [0.3, 0.4) is 0 Å². The quantitative estimate of drug-likeness (QED) is 0.372. The Kier molecular flexibility index (Phi) is 6.40. The first kappa shape index (κ1) is 23.7. The molecule has 4 rings (SSSR count). The van der Waals surface area contributed by atoms with E-state index in [0.717, 1.165) is 6.20 Å². The third-order valence-corrected chi connectivity index (χ3v) is 5.23.